The van der Waals surface area contributed by atoms with Crippen LogP contribution >= 0.6 is 11.3 Å². The van der Waals surface area contributed by atoms with Crippen molar-refractivity contribution in [3.8, 4) is 0 Å². The Bertz CT molecular complexity index is 923. The third-order valence-electron chi connectivity index (χ3n) is 4.59. The van der Waals surface area contributed by atoms with Crippen LogP contribution in [0.5, 0.6) is 0 Å². The summed E-state index contributed by atoms with van der Waals surface area (Å²) in [5.41, 5.74) is 1.84. The lowest BCUT2D eigenvalue weighted by atomic mass is 10.2. The van der Waals surface area contributed by atoms with Gasteiger partial charge in [-0.25, -0.2) is 13.4 Å². The fraction of sp³-hybridized carbons (Fsp3) is 0.400. The first-order chi connectivity index (χ1) is 13.4. The molecular formula is C20H25N3O3S2. The quantitative estimate of drug-likeness (QED) is 0.720. The van der Waals surface area contributed by atoms with E-state index in [1.165, 1.54) is 6.08 Å². The molecule has 1 amide bonds. The van der Waals surface area contributed by atoms with Gasteiger partial charge in [-0.1, -0.05) is 30.3 Å². The lowest BCUT2D eigenvalue weighted by Crippen LogP contribution is -2.38. The van der Waals surface area contributed by atoms with Gasteiger partial charge < -0.3 is 4.90 Å². The highest BCUT2D eigenvalue weighted by Gasteiger charge is 2.23. The number of thiazole rings is 1. The number of benzene rings is 1. The summed E-state index contributed by atoms with van der Waals surface area (Å²) in [6.45, 7) is 5.49. The van der Waals surface area contributed by atoms with Gasteiger partial charge in [-0.2, -0.15) is 0 Å². The maximum absolute atomic E-state index is 12.5. The molecule has 1 aromatic heterocycles. The molecule has 0 bridgehead atoms. The SMILES string of the molecule is Cc1nc(CN2CCCN(C(=O)CS(=O)(=O)C=Cc3ccccc3)CC2)cs1. The molecule has 0 N–H and O–H groups in total. The third-order valence-corrected chi connectivity index (χ3v) is 6.61. The topological polar surface area (TPSA) is 70.6 Å². The van der Waals surface area contributed by atoms with Crippen LogP contribution in [0.4, 0.5) is 0 Å². The van der Waals surface area contributed by atoms with Gasteiger partial charge in [0.2, 0.25) is 5.91 Å². The van der Waals surface area contributed by atoms with Crippen LogP contribution in [0.3, 0.4) is 0 Å². The van der Waals surface area contributed by atoms with Crippen molar-refractivity contribution in [3.63, 3.8) is 0 Å². The number of hydrogen-bond acceptors (Lipinski definition) is 6. The molecule has 6 nitrogen and oxygen atoms in total. The van der Waals surface area contributed by atoms with Crippen LogP contribution in [-0.4, -0.2) is 61.0 Å². The minimum Gasteiger partial charge on any atom is -0.340 e. The summed E-state index contributed by atoms with van der Waals surface area (Å²) < 4.78 is 24.6. The van der Waals surface area contributed by atoms with Crippen LogP contribution in [0, 0.1) is 6.92 Å². The van der Waals surface area contributed by atoms with Gasteiger partial charge in [0.15, 0.2) is 9.84 Å². The second-order valence-corrected chi connectivity index (χ2v) is 9.84. The van der Waals surface area contributed by atoms with Crippen LogP contribution in [0.25, 0.3) is 6.08 Å². The molecule has 0 unspecified atom stereocenters. The minimum absolute atomic E-state index is 0.330. The van der Waals surface area contributed by atoms with E-state index in [2.05, 4.69) is 15.3 Å². The van der Waals surface area contributed by atoms with Crippen molar-refractivity contribution in [2.75, 3.05) is 31.9 Å². The first-order valence-electron chi connectivity index (χ1n) is 9.28. The smallest absolute Gasteiger partial charge is 0.238 e. The monoisotopic (exact) mass is 419 g/mol. The Hall–Kier alpha value is -2.03. The van der Waals surface area contributed by atoms with E-state index in [-0.39, 0.29) is 5.91 Å². The molecule has 1 fully saturated rings. The molecule has 0 atom stereocenters. The predicted octanol–water partition coefficient (Wildman–Crippen LogP) is 2.57. The Morgan fingerprint density at radius 1 is 1.18 bits per heavy atom. The number of rotatable bonds is 6. The second-order valence-electron chi connectivity index (χ2n) is 6.89. The van der Waals surface area contributed by atoms with Crippen molar-refractivity contribution in [2.24, 2.45) is 0 Å². The van der Waals surface area contributed by atoms with Crippen LogP contribution in [0.15, 0.2) is 41.1 Å². The normalized spacial score (nSPS) is 16.4. The third kappa shape index (κ3) is 6.25. The minimum atomic E-state index is -3.59. The molecule has 28 heavy (non-hydrogen) atoms. The van der Waals surface area contributed by atoms with Gasteiger partial charge >= 0.3 is 0 Å². The van der Waals surface area contributed by atoms with Gasteiger partial charge in [0.05, 0.1) is 10.7 Å². The zero-order chi connectivity index (χ0) is 20.0. The summed E-state index contributed by atoms with van der Waals surface area (Å²) in [6.07, 6.45) is 2.36. The van der Waals surface area contributed by atoms with E-state index in [0.717, 1.165) is 47.7 Å². The molecule has 1 saturated heterocycles. The summed E-state index contributed by atoms with van der Waals surface area (Å²) in [5, 5.41) is 4.25. The number of nitrogens with zero attached hydrogens (tertiary/aromatic N) is 3. The average Bonchev–Trinajstić information content (AvgIpc) is 2.93. The van der Waals surface area contributed by atoms with Crippen molar-refractivity contribution >= 4 is 33.2 Å². The molecule has 2 aromatic rings. The number of aryl methyl sites for hydroxylation is 1. The summed E-state index contributed by atoms with van der Waals surface area (Å²) >= 11 is 1.64. The van der Waals surface area contributed by atoms with Crippen molar-refractivity contribution in [2.45, 2.75) is 19.9 Å². The fourth-order valence-corrected chi connectivity index (χ4v) is 4.74. The summed E-state index contributed by atoms with van der Waals surface area (Å²) in [7, 11) is -3.59. The van der Waals surface area contributed by atoms with E-state index in [0.29, 0.717) is 13.1 Å². The van der Waals surface area contributed by atoms with E-state index in [9.17, 15) is 13.2 Å². The molecule has 1 aliphatic heterocycles. The number of carbonyl (C=O) groups is 1. The second kappa shape index (κ2) is 9.45. The Kier molecular flexibility index (Phi) is 6.98. The van der Waals surface area contributed by atoms with E-state index in [4.69, 9.17) is 0 Å². The van der Waals surface area contributed by atoms with Crippen molar-refractivity contribution in [1.82, 2.24) is 14.8 Å². The molecule has 0 radical (unpaired) electrons. The van der Waals surface area contributed by atoms with Crippen LogP contribution < -0.4 is 0 Å². The van der Waals surface area contributed by atoms with Gasteiger partial charge in [-0.15, -0.1) is 11.3 Å². The van der Waals surface area contributed by atoms with Gasteiger partial charge in [0.1, 0.15) is 5.75 Å². The molecule has 1 aliphatic rings. The first kappa shape index (κ1) is 20.7. The van der Waals surface area contributed by atoms with Crippen LogP contribution in [-0.2, 0) is 21.2 Å². The number of amides is 1. The Morgan fingerprint density at radius 2 is 1.96 bits per heavy atom. The molecule has 8 heteroatoms. The number of aromatic nitrogens is 1. The van der Waals surface area contributed by atoms with Gasteiger partial charge in [0, 0.05) is 43.5 Å². The molecule has 150 valence electrons. The van der Waals surface area contributed by atoms with Crippen molar-refractivity contribution < 1.29 is 13.2 Å². The first-order valence-corrected chi connectivity index (χ1v) is 11.9. The fourth-order valence-electron chi connectivity index (χ4n) is 3.15. The summed E-state index contributed by atoms with van der Waals surface area (Å²) in [4.78, 5) is 21.0. The maximum Gasteiger partial charge on any atom is 0.238 e. The zero-order valence-corrected chi connectivity index (χ0v) is 17.6. The number of hydrogen-bond donors (Lipinski definition) is 0. The van der Waals surface area contributed by atoms with Crippen molar-refractivity contribution in [3.05, 3.63) is 57.4 Å². The lowest BCUT2D eigenvalue weighted by molar-refractivity contribution is -0.128. The lowest BCUT2D eigenvalue weighted by Gasteiger charge is -2.21. The summed E-state index contributed by atoms with van der Waals surface area (Å²) in [6, 6.07) is 9.19. The standard InChI is InChI=1S/C20H25N3O3S2/c1-17-21-19(15-27-17)14-22-9-5-10-23(12-11-22)20(24)16-28(25,26)13-8-18-6-3-2-4-7-18/h2-4,6-8,13,15H,5,9-12,14,16H2,1H3. The molecule has 1 aromatic carbocycles. The Balaban J connectivity index is 1.53. The molecule has 0 spiro atoms. The molecule has 0 saturated carbocycles. The highest BCUT2D eigenvalue weighted by molar-refractivity contribution is 7.95. The molecule has 3 rings (SSSR count). The van der Waals surface area contributed by atoms with E-state index in [1.807, 2.05) is 37.3 Å². The van der Waals surface area contributed by atoms with Crippen LogP contribution in [0.1, 0.15) is 22.7 Å². The number of sulfone groups is 1. The molecule has 2 heterocycles. The Morgan fingerprint density at radius 3 is 2.68 bits per heavy atom. The van der Waals surface area contributed by atoms with Gasteiger partial charge in [-0.3, -0.25) is 9.69 Å². The largest absolute Gasteiger partial charge is 0.340 e. The van der Waals surface area contributed by atoms with Gasteiger partial charge in [-0.05, 0) is 25.0 Å². The maximum atomic E-state index is 12.5. The highest BCUT2D eigenvalue weighted by Crippen LogP contribution is 2.13. The molecule has 0 aliphatic carbocycles. The predicted molar refractivity (Wildman–Crippen MR) is 113 cm³/mol. The average molecular weight is 420 g/mol. The van der Waals surface area contributed by atoms with E-state index < -0.39 is 15.6 Å². The van der Waals surface area contributed by atoms with Crippen LogP contribution in [0.2, 0.25) is 0 Å². The molecular weight excluding hydrogens is 394 g/mol. The Labute approximate surface area is 170 Å². The number of carbonyl (C=O) groups excluding carboxylic acids is 1. The summed E-state index contributed by atoms with van der Waals surface area (Å²) in [5.74, 6) is -0.814. The van der Waals surface area contributed by atoms with Crippen molar-refractivity contribution in [1.29, 1.82) is 0 Å². The zero-order valence-electron chi connectivity index (χ0n) is 16.0. The highest BCUT2D eigenvalue weighted by atomic mass is 32.2. The van der Waals surface area contributed by atoms with Gasteiger partial charge in [0.25, 0.3) is 0 Å². The van der Waals surface area contributed by atoms with E-state index >= 15 is 0 Å². The van der Waals surface area contributed by atoms with E-state index in [1.54, 1.807) is 16.2 Å².